The van der Waals surface area contributed by atoms with Crippen LogP contribution in [0.3, 0.4) is 0 Å². The lowest BCUT2D eigenvalue weighted by molar-refractivity contribution is -0.303. The number of carbonyl (C=O) groups excluding carboxylic acids is 2. The Balaban J connectivity index is 1.63. The van der Waals surface area contributed by atoms with Crippen LogP contribution < -0.4 is 5.11 Å². The summed E-state index contributed by atoms with van der Waals surface area (Å²) < 4.78 is 10.2. The van der Waals surface area contributed by atoms with Crippen molar-refractivity contribution in [3.05, 3.63) is 57.8 Å². The minimum atomic E-state index is -1.81. The van der Waals surface area contributed by atoms with Crippen LogP contribution in [0.5, 0.6) is 0 Å². The first-order chi connectivity index (χ1) is 13.5. The van der Waals surface area contributed by atoms with Crippen LogP contribution in [0, 0.1) is 17.8 Å². The molecule has 1 atom stereocenters. The molecule has 0 saturated carbocycles. The molecular weight excluding hydrogens is 376 g/mol. The van der Waals surface area contributed by atoms with Gasteiger partial charge in [0.15, 0.2) is 5.97 Å². The second kappa shape index (κ2) is 12.0. The third kappa shape index (κ3) is 8.38. The summed E-state index contributed by atoms with van der Waals surface area (Å²) in [6.45, 7) is 3.19. The van der Waals surface area contributed by atoms with Gasteiger partial charge in [-0.25, -0.2) is 4.79 Å². The van der Waals surface area contributed by atoms with Crippen LogP contribution in [0.4, 0.5) is 0 Å². The quantitative estimate of drug-likeness (QED) is 0.280. The van der Waals surface area contributed by atoms with Gasteiger partial charge in [0, 0.05) is 11.3 Å². The van der Waals surface area contributed by atoms with Crippen molar-refractivity contribution in [2.45, 2.75) is 32.8 Å². The summed E-state index contributed by atoms with van der Waals surface area (Å²) in [6.07, 6.45) is 2.30. The Morgan fingerprint density at radius 3 is 2.71 bits per heavy atom. The van der Waals surface area contributed by atoms with Gasteiger partial charge in [0.25, 0.3) is 0 Å². The molecule has 1 aromatic carbocycles. The zero-order chi connectivity index (χ0) is 20.2. The van der Waals surface area contributed by atoms with Crippen molar-refractivity contribution in [2.24, 2.45) is 5.92 Å². The van der Waals surface area contributed by atoms with Gasteiger partial charge in [0.2, 0.25) is 0 Å². The highest BCUT2D eigenvalue weighted by atomic mass is 32.1. The van der Waals surface area contributed by atoms with Crippen LogP contribution in [-0.2, 0) is 32.1 Å². The Labute approximate surface area is 169 Å². The zero-order valence-corrected chi connectivity index (χ0v) is 16.6. The fourth-order valence-electron chi connectivity index (χ4n) is 2.37. The van der Waals surface area contributed by atoms with E-state index < -0.39 is 11.9 Å². The first-order valence-electron chi connectivity index (χ1n) is 9.12. The number of hydrogen-bond acceptors (Lipinski definition) is 6. The van der Waals surface area contributed by atoms with E-state index in [1.165, 1.54) is 4.88 Å². The normalized spacial score (nSPS) is 11.3. The van der Waals surface area contributed by atoms with Crippen molar-refractivity contribution in [3.63, 3.8) is 0 Å². The highest BCUT2D eigenvalue weighted by Crippen LogP contribution is 2.19. The lowest BCUT2D eigenvalue weighted by Crippen LogP contribution is -2.34. The number of thiophene rings is 1. The smallest absolute Gasteiger partial charge is 0.354 e. The van der Waals surface area contributed by atoms with E-state index in [2.05, 4.69) is 16.6 Å². The largest absolute Gasteiger partial charge is 0.539 e. The molecule has 0 N–H and O–H groups in total. The zero-order valence-electron chi connectivity index (χ0n) is 15.8. The van der Waals surface area contributed by atoms with Crippen LogP contribution in [0.2, 0.25) is 0 Å². The van der Waals surface area contributed by atoms with E-state index in [-0.39, 0.29) is 12.5 Å². The topological polar surface area (TPSA) is 75.7 Å². The van der Waals surface area contributed by atoms with Crippen molar-refractivity contribution >= 4 is 23.3 Å². The number of benzene rings is 1. The standard InChI is InChI=1S/C22H24O5S/c1-17(15-27-22(25)21(23)24)10-11-20-13-12-19(28-20)9-5-6-14-26-16-18-7-3-2-4-8-18/h2-4,7-8,12-13,17H,6,10-11,14-16H2,1H3,(H,23,24)/p-1. The number of carboxylic acid groups (broad SMARTS) is 1. The second-order valence-electron chi connectivity index (χ2n) is 6.39. The molecular formula is C22H23O5S-. The molecule has 6 heteroatoms. The molecule has 1 unspecified atom stereocenters. The molecule has 0 aliphatic heterocycles. The van der Waals surface area contributed by atoms with Crippen LogP contribution in [0.1, 0.15) is 35.1 Å². The summed E-state index contributed by atoms with van der Waals surface area (Å²) in [6, 6.07) is 14.1. The van der Waals surface area contributed by atoms with E-state index in [1.807, 2.05) is 49.4 Å². The van der Waals surface area contributed by atoms with Crippen molar-refractivity contribution in [1.82, 2.24) is 0 Å². The third-order valence-corrected chi connectivity index (χ3v) is 4.97. The van der Waals surface area contributed by atoms with Gasteiger partial charge >= 0.3 is 5.97 Å². The summed E-state index contributed by atoms with van der Waals surface area (Å²) >= 11 is 1.64. The van der Waals surface area contributed by atoms with E-state index >= 15 is 0 Å². The number of ether oxygens (including phenoxy) is 2. The monoisotopic (exact) mass is 399 g/mol. The number of aryl methyl sites for hydroxylation is 1. The summed E-state index contributed by atoms with van der Waals surface area (Å²) in [5, 5.41) is 10.3. The number of carboxylic acids is 1. The minimum absolute atomic E-state index is 0.0710. The molecule has 0 fully saturated rings. The molecule has 0 saturated heterocycles. The molecule has 0 radical (unpaired) electrons. The molecule has 148 valence electrons. The maximum absolute atomic E-state index is 10.9. The molecule has 0 aliphatic rings. The molecule has 28 heavy (non-hydrogen) atoms. The molecule has 2 aromatic rings. The van der Waals surface area contributed by atoms with E-state index in [0.717, 1.165) is 23.3 Å². The number of esters is 1. The lowest BCUT2D eigenvalue weighted by atomic mass is 10.1. The van der Waals surface area contributed by atoms with Crippen molar-refractivity contribution in [1.29, 1.82) is 0 Å². The fraction of sp³-hybridized carbons (Fsp3) is 0.364. The highest BCUT2D eigenvalue weighted by molar-refractivity contribution is 7.12. The van der Waals surface area contributed by atoms with E-state index in [9.17, 15) is 14.7 Å². The van der Waals surface area contributed by atoms with E-state index in [1.54, 1.807) is 11.3 Å². The molecule has 5 nitrogen and oxygen atoms in total. The number of aliphatic carboxylic acids is 1. The number of carbonyl (C=O) groups is 2. The van der Waals surface area contributed by atoms with Gasteiger partial charge in [-0.15, -0.1) is 11.3 Å². The molecule has 1 heterocycles. The summed E-state index contributed by atoms with van der Waals surface area (Å²) in [4.78, 5) is 23.4. The summed E-state index contributed by atoms with van der Waals surface area (Å²) in [5.41, 5.74) is 1.15. The van der Waals surface area contributed by atoms with Gasteiger partial charge < -0.3 is 19.4 Å². The predicted octanol–water partition coefficient (Wildman–Crippen LogP) is 2.57. The van der Waals surface area contributed by atoms with Crippen LogP contribution in [0.25, 0.3) is 0 Å². The van der Waals surface area contributed by atoms with Crippen LogP contribution >= 0.6 is 11.3 Å². The SMILES string of the molecule is CC(CCc1ccc(C#CCCOCc2ccccc2)s1)COC(=O)C(=O)[O-]. The van der Waals surface area contributed by atoms with Crippen LogP contribution in [0.15, 0.2) is 42.5 Å². The molecule has 2 rings (SSSR count). The molecule has 0 bridgehead atoms. The van der Waals surface area contributed by atoms with Gasteiger partial charge in [-0.1, -0.05) is 49.1 Å². The van der Waals surface area contributed by atoms with Crippen molar-refractivity contribution in [3.8, 4) is 11.8 Å². The predicted molar refractivity (Wildman–Crippen MR) is 105 cm³/mol. The highest BCUT2D eigenvalue weighted by Gasteiger charge is 2.09. The van der Waals surface area contributed by atoms with Gasteiger partial charge in [0.05, 0.1) is 24.7 Å². The van der Waals surface area contributed by atoms with Crippen LogP contribution in [-0.4, -0.2) is 25.2 Å². The lowest BCUT2D eigenvalue weighted by Gasteiger charge is -2.11. The van der Waals surface area contributed by atoms with Crippen molar-refractivity contribution < 1.29 is 24.2 Å². The van der Waals surface area contributed by atoms with Gasteiger partial charge in [-0.05, 0) is 36.5 Å². The molecule has 0 spiro atoms. The summed E-state index contributed by atoms with van der Waals surface area (Å²) in [5.74, 6) is 3.23. The molecule has 0 aliphatic carbocycles. The Kier molecular flexibility index (Phi) is 9.26. The van der Waals surface area contributed by atoms with E-state index in [4.69, 9.17) is 4.74 Å². The first kappa shape index (κ1) is 21.7. The average molecular weight is 399 g/mol. The molecule has 1 aromatic heterocycles. The van der Waals surface area contributed by atoms with Gasteiger partial charge in [0.1, 0.15) is 0 Å². The Morgan fingerprint density at radius 1 is 1.18 bits per heavy atom. The maximum Gasteiger partial charge on any atom is 0.354 e. The van der Waals surface area contributed by atoms with Gasteiger partial charge in [-0.2, -0.15) is 0 Å². The van der Waals surface area contributed by atoms with Crippen molar-refractivity contribution in [2.75, 3.05) is 13.2 Å². The molecule has 0 amide bonds. The Morgan fingerprint density at radius 2 is 1.96 bits per heavy atom. The third-order valence-electron chi connectivity index (χ3n) is 3.91. The van der Waals surface area contributed by atoms with Gasteiger partial charge in [-0.3, -0.25) is 0 Å². The average Bonchev–Trinajstić information content (AvgIpc) is 3.15. The maximum atomic E-state index is 10.9. The Hall–Kier alpha value is -2.62. The Bertz CT molecular complexity index is 816. The second-order valence-corrected chi connectivity index (χ2v) is 7.55. The minimum Gasteiger partial charge on any atom is -0.539 e. The number of rotatable bonds is 9. The number of hydrogen-bond donors (Lipinski definition) is 0. The fourth-order valence-corrected chi connectivity index (χ4v) is 3.26. The summed E-state index contributed by atoms with van der Waals surface area (Å²) in [7, 11) is 0. The first-order valence-corrected chi connectivity index (χ1v) is 9.93. The van der Waals surface area contributed by atoms with E-state index in [0.29, 0.717) is 19.6 Å².